The molecule has 1 amide bonds. The molecule has 0 heterocycles. The lowest BCUT2D eigenvalue weighted by Gasteiger charge is -2.22. The zero-order chi connectivity index (χ0) is 12.1. The van der Waals surface area contributed by atoms with Crippen molar-refractivity contribution in [3.63, 3.8) is 0 Å². The van der Waals surface area contributed by atoms with Gasteiger partial charge in [0.15, 0.2) is 6.10 Å². The fraction of sp³-hybridized carbons (Fsp3) is 0.778. The number of carbonyl (C=O) groups is 2. The molecule has 6 nitrogen and oxygen atoms in total. The predicted octanol–water partition coefficient (Wildman–Crippen LogP) is -0.373. The molecule has 6 heteroatoms. The molecule has 0 aromatic rings. The second-order valence-corrected chi connectivity index (χ2v) is 3.49. The van der Waals surface area contributed by atoms with Crippen molar-refractivity contribution in [1.29, 1.82) is 0 Å². The summed E-state index contributed by atoms with van der Waals surface area (Å²) in [5.74, 6) is -1.50. The SMILES string of the molecule is COC(CNC(=O)C(C)(C)OC)C(=O)O. The maximum Gasteiger partial charge on any atom is 0.334 e. The number of carbonyl (C=O) groups excluding carboxylic acids is 1. The Balaban J connectivity index is 4.16. The first-order valence-corrected chi connectivity index (χ1v) is 4.44. The van der Waals surface area contributed by atoms with Crippen molar-refractivity contribution in [1.82, 2.24) is 5.32 Å². The van der Waals surface area contributed by atoms with Crippen molar-refractivity contribution >= 4 is 11.9 Å². The van der Waals surface area contributed by atoms with Crippen LogP contribution in [0.4, 0.5) is 0 Å². The lowest BCUT2D eigenvalue weighted by molar-refractivity contribution is -0.149. The highest BCUT2D eigenvalue weighted by Gasteiger charge is 2.28. The second kappa shape index (κ2) is 5.67. The standard InChI is InChI=1S/C9H17NO5/c1-9(2,15-4)8(13)10-5-6(14-3)7(11)12/h6H,5H2,1-4H3,(H,10,13)(H,11,12). The minimum atomic E-state index is -1.12. The molecule has 1 atom stereocenters. The number of aliphatic carboxylic acids is 1. The van der Waals surface area contributed by atoms with E-state index in [4.69, 9.17) is 9.84 Å². The minimum absolute atomic E-state index is 0.0859. The van der Waals surface area contributed by atoms with Crippen LogP contribution in [0.2, 0.25) is 0 Å². The van der Waals surface area contributed by atoms with E-state index in [1.54, 1.807) is 13.8 Å². The van der Waals surface area contributed by atoms with Gasteiger partial charge >= 0.3 is 5.97 Å². The lowest BCUT2D eigenvalue weighted by atomic mass is 10.1. The van der Waals surface area contributed by atoms with Gasteiger partial charge in [0, 0.05) is 14.2 Å². The van der Waals surface area contributed by atoms with Crippen molar-refractivity contribution in [3.8, 4) is 0 Å². The summed E-state index contributed by atoms with van der Waals surface area (Å²) >= 11 is 0. The van der Waals surface area contributed by atoms with E-state index in [9.17, 15) is 9.59 Å². The van der Waals surface area contributed by atoms with Gasteiger partial charge in [-0.1, -0.05) is 0 Å². The van der Waals surface area contributed by atoms with E-state index < -0.39 is 17.7 Å². The van der Waals surface area contributed by atoms with Gasteiger partial charge in [0.25, 0.3) is 5.91 Å². The number of nitrogens with one attached hydrogen (secondary N) is 1. The van der Waals surface area contributed by atoms with Crippen LogP contribution in [-0.2, 0) is 19.1 Å². The zero-order valence-electron chi connectivity index (χ0n) is 9.36. The number of hydrogen-bond donors (Lipinski definition) is 2. The van der Waals surface area contributed by atoms with Crippen LogP contribution in [0.15, 0.2) is 0 Å². The molecule has 0 rings (SSSR count). The molecule has 0 aliphatic heterocycles. The van der Waals surface area contributed by atoms with Gasteiger partial charge in [-0.15, -0.1) is 0 Å². The number of rotatable bonds is 6. The number of hydrogen-bond acceptors (Lipinski definition) is 4. The molecule has 0 aromatic carbocycles. The number of amides is 1. The summed E-state index contributed by atoms with van der Waals surface area (Å²) in [7, 11) is 2.68. The number of ether oxygens (including phenoxy) is 2. The third-order valence-corrected chi connectivity index (χ3v) is 2.07. The van der Waals surface area contributed by atoms with Gasteiger partial charge in [0.2, 0.25) is 0 Å². The van der Waals surface area contributed by atoms with E-state index >= 15 is 0 Å². The van der Waals surface area contributed by atoms with E-state index in [1.165, 1.54) is 14.2 Å². The molecule has 1 unspecified atom stereocenters. The lowest BCUT2D eigenvalue weighted by Crippen LogP contribution is -2.47. The molecule has 0 aliphatic rings. The number of methoxy groups -OCH3 is 2. The summed E-state index contributed by atoms with van der Waals surface area (Å²) in [6.45, 7) is 3.09. The molecular formula is C9H17NO5. The van der Waals surface area contributed by atoms with Crippen LogP contribution in [0.3, 0.4) is 0 Å². The maximum absolute atomic E-state index is 11.5. The Labute approximate surface area is 88.6 Å². The van der Waals surface area contributed by atoms with Gasteiger partial charge in [-0.2, -0.15) is 0 Å². The molecule has 88 valence electrons. The van der Waals surface area contributed by atoms with Crippen LogP contribution in [0, 0.1) is 0 Å². The molecule has 0 spiro atoms. The van der Waals surface area contributed by atoms with Gasteiger partial charge in [0.1, 0.15) is 5.60 Å². The van der Waals surface area contributed by atoms with Gasteiger partial charge in [-0.3, -0.25) is 4.79 Å². The molecule has 0 saturated heterocycles. The molecule has 0 aliphatic carbocycles. The molecular weight excluding hydrogens is 202 g/mol. The maximum atomic E-state index is 11.5. The molecule has 15 heavy (non-hydrogen) atoms. The number of carboxylic acids is 1. The van der Waals surface area contributed by atoms with Crippen molar-refractivity contribution in [3.05, 3.63) is 0 Å². The normalized spacial score (nSPS) is 13.3. The van der Waals surface area contributed by atoms with Crippen molar-refractivity contribution in [2.45, 2.75) is 25.6 Å². The number of carboxylic acid groups (broad SMARTS) is 1. The average molecular weight is 219 g/mol. The summed E-state index contributed by atoms with van der Waals surface area (Å²) in [6, 6.07) is 0. The Hall–Kier alpha value is -1.14. The van der Waals surface area contributed by atoms with Crippen LogP contribution in [0.1, 0.15) is 13.8 Å². The first-order valence-electron chi connectivity index (χ1n) is 4.44. The predicted molar refractivity (Wildman–Crippen MR) is 52.5 cm³/mol. The summed E-state index contributed by atoms with van der Waals surface area (Å²) in [6.07, 6.45) is -1.04. The highest BCUT2D eigenvalue weighted by molar-refractivity contribution is 5.85. The van der Waals surface area contributed by atoms with E-state index in [-0.39, 0.29) is 12.5 Å². The first kappa shape index (κ1) is 13.9. The molecule has 0 bridgehead atoms. The van der Waals surface area contributed by atoms with Gasteiger partial charge in [-0.05, 0) is 13.8 Å². The Bertz CT molecular complexity index is 239. The van der Waals surface area contributed by atoms with Crippen molar-refractivity contribution in [2.75, 3.05) is 20.8 Å². The fourth-order valence-corrected chi connectivity index (χ4v) is 0.762. The Morgan fingerprint density at radius 1 is 1.40 bits per heavy atom. The highest BCUT2D eigenvalue weighted by atomic mass is 16.5. The minimum Gasteiger partial charge on any atom is -0.479 e. The third-order valence-electron chi connectivity index (χ3n) is 2.07. The van der Waals surface area contributed by atoms with Crippen molar-refractivity contribution in [2.24, 2.45) is 0 Å². The molecule has 0 saturated carbocycles. The molecule has 0 aromatic heterocycles. The highest BCUT2D eigenvalue weighted by Crippen LogP contribution is 2.06. The summed E-state index contributed by atoms with van der Waals surface area (Å²) in [5.41, 5.74) is -0.975. The average Bonchev–Trinajstić information content (AvgIpc) is 2.17. The Morgan fingerprint density at radius 3 is 2.27 bits per heavy atom. The largest absolute Gasteiger partial charge is 0.479 e. The van der Waals surface area contributed by atoms with Gasteiger partial charge in [0.05, 0.1) is 6.54 Å². The van der Waals surface area contributed by atoms with E-state index in [1.807, 2.05) is 0 Å². The van der Waals surface area contributed by atoms with Crippen LogP contribution in [-0.4, -0.2) is 49.5 Å². The van der Waals surface area contributed by atoms with E-state index in [2.05, 4.69) is 10.1 Å². The summed E-state index contributed by atoms with van der Waals surface area (Å²) in [4.78, 5) is 22.0. The smallest absolute Gasteiger partial charge is 0.334 e. The monoisotopic (exact) mass is 219 g/mol. The second-order valence-electron chi connectivity index (χ2n) is 3.49. The third kappa shape index (κ3) is 4.26. The Morgan fingerprint density at radius 2 is 1.93 bits per heavy atom. The summed E-state index contributed by atoms with van der Waals surface area (Å²) in [5, 5.41) is 11.1. The summed E-state index contributed by atoms with van der Waals surface area (Å²) < 4.78 is 9.58. The topological polar surface area (TPSA) is 84.9 Å². The quantitative estimate of drug-likeness (QED) is 0.636. The molecule has 0 radical (unpaired) electrons. The van der Waals surface area contributed by atoms with Crippen LogP contribution < -0.4 is 5.32 Å². The molecule has 0 fully saturated rings. The fourth-order valence-electron chi connectivity index (χ4n) is 0.762. The van der Waals surface area contributed by atoms with Gasteiger partial charge < -0.3 is 19.9 Å². The Kier molecular flexibility index (Phi) is 5.24. The zero-order valence-corrected chi connectivity index (χ0v) is 9.36. The van der Waals surface area contributed by atoms with E-state index in [0.29, 0.717) is 0 Å². The van der Waals surface area contributed by atoms with Crippen LogP contribution >= 0.6 is 0 Å². The van der Waals surface area contributed by atoms with Gasteiger partial charge in [-0.25, -0.2) is 4.79 Å². The van der Waals surface area contributed by atoms with Crippen molar-refractivity contribution < 1.29 is 24.2 Å². The van der Waals surface area contributed by atoms with Crippen LogP contribution in [0.25, 0.3) is 0 Å². The van der Waals surface area contributed by atoms with Crippen LogP contribution in [0.5, 0.6) is 0 Å². The first-order chi connectivity index (χ1) is 6.85. The molecule has 2 N–H and O–H groups in total. The van der Waals surface area contributed by atoms with E-state index in [0.717, 1.165) is 0 Å².